The summed E-state index contributed by atoms with van der Waals surface area (Å²) in [4.78, 5) is 11.4. The summed E-state index contributed by atoms with van der Waals surface area (Å²) in [5.41, 5.74) is 0. The van der Waals surface area contributed by atoms with Crippen molar-refractivity contribution in [2.45, 2.75) is 51.3 Å². The number of amides is 2. The first-order valence-corrected chi connectivity index (χ1v) is 5.23. The molecule has 2 unspecified atom stereocenters. The van der Waals surface area contributed by atoms with Crippen molar-refractivity contribution >= 4 is 6.03 Å². The minimum absolute atomic E-state index is 0.0889. The van der Waals surface area contributed by atoms with Gasteiger partial charge in [-0.15, -0.1) is 0 Å². The zero-order valence-electron chi connectivity index (χ0n) is 9.17. The van der Waals surface area contributed by atoms with Crippen LogP contribution in [0.2, 0.25) is 0 Å². The Balaban J connectivity index is 2.32. The van der Waals surface area contributed by atoms with Crippen LogP contribution in [0.15, 0.2) is 0 Å². The van der Waals surface area contributed by atoms with Crippen LogP contribution in [0.5, 0.6) is 0 Å². The third-order valence-corrected chi connectivity index (χ3v) is 2.49. The Morgan fingerprint density at radius 3 is 2.71 bits per heavy atom. The van der Waals surface area contributed by atoms with Gasteiger partial charge in [-0.25, -0.2) is 4.79 Å². The second-order valence-corrected chi connectivity index (χ2v) is 4.08. The summed E-state index contributed by atoms with van der Waals surface area (Å²) in [6.07, 6.45) is 3.38. The topological polar surface area (TPSA) is 50.4 Å². The lowest BCUT2D eigenvalue weighted by Gasteiger charge is -2.20. The summed E-state index contributed by atoms with van der Waals surface area (Å²) in [6.45, 7) is 3.89. The summed E-state index contributed by atoms with van der Waals surface area (Å²) in [5.74, 6) is 0. The summed E-state index contributed by atoms with van der Waals surface area (Å²) in [6, 6.07) is 0.269. The summed E-state index contributed by atoms with van der Waals surface area (Å²) in [7, 11) is 1.70. The summed E-state index contributed by atoms with van der Waals surface area (Å²) < 4.78 is 5.29. The van der Waals surface area contributed by atoms with E-state index in [0.717, 1.165) is 19.3 Å². The molecule has 0 spiro atoms. The third kappa shape index (κ3) is 3.18. The molecule has 1 fully saturated rings. The molecule has 0 aromatic heterocycles. The maximum Gasteiger partial charge on any atom is 0.315 e. The summed E-state index contributed by atoms with van der Waals surface area (Å²) in [5, 5.41) is 5.74. The zero-order valence-corrected chi connectivity index (χ0v) is 9.17. The number of ether oxygens (including phenoxy) is 1. The van der Waals surface area contributed by atoms with Gasteiger partial charge < -0.3 is 15.4 Å². The van der Waals surface area contributed by atoms with E-state index in [1.807, 2.05) is 13.8 Å². The van der Waals surface area contributed by atoms with Crippen LogP contribution in [-0.4, -0.2) is 31.3 Å². The molecule has 1 saturated carbocycles. The molecule has 14 heavy (non-hydrogen) atoms. The van der Waals surface area contributed by atoms with Gasteiger partial charge in [-0.2, -0.15) is 0 Å². The minimum Gasteiger partial charge on any atom is -0.379 e. The fourth-order valence-electron chi connectivity index (χ4n) is 1.85. The lowest BCUT2D eigenvalue weighted by atomic mass is 10.2. The van der Waals surface area contributed by atoms with E-state index in [0.29, 0.717) is 0 Å². The highest BCUT2D eigenvalue weighted by Gasteiger charge is 2.28. The van der Waals surface area contributed by atoms with Gasteiger partial charge in [0.05, 0.1) is 12.1 Å². The van der Waals surface area contributed by atoms with E-state index in [1.54, 1.807) is 7.11 Å². The molecule has 0 radical (unpaired) electrons. The van der Waals surface area contributed by atoms with Crippen molar-refractivity contribution in [2.75, 3.05) is 7.11 Å². The molecule has 1 aliphatic carbocycles. The van der Waals surface area contributed by atoms with Gasteiger partial charge in [0.15, 0.2) is 0 Å². The van der Waals surface area contributed by atoms with Crippen molar-refractivity contribution in [1.29, 1.82) is 0 Å². The predicted molar refractivity (Wildman–Crippen MR) is 55.2 cm³/mol. The average molecular weight is 200 g/mol. The molecule has 0 bridgehead atoms. The number of hydrogen-bond donors (Lipinski definition) is 2. The number of carbonyl (C=O) groups excluding carboxylic acids is 1. The van der Waals surface area contributed by atoms with E-state index in [-0.39, 0.29) is 24.2 Å². The molecule has 4 heteroatoms. The molecular formula is C10H20N2O2. The number of urea groups is 1. The molecule has 82 valence electrons. The molecular weight excluding hydrogens is 180 g/mol. The Hall–Kier alpha value is -0.770. The van der Waals surface area contributed by atoms with Crippen LogP contribution in [0.25, 0.3) is 0 Å². The maximum absolute atomic E-state index is 11.4. The van der Waals surface area contributed by atoms with Crippen molar-refractivity contribution in [1.82, 2.24) is 10.6 Å². The van der Waals surface area contributed by atoms with Crippen LogP contribution in [-0.2, 0) is 4.74 Å². The van der Waals surface area contributed by atoms with Gasteiger partial charge in [0, 0.05) is 13.2 Å². The fourth-order valence-corrected chi connectivity index (χ4v) is 1.85. The normalized spacial score (nSPS) is 26.6. The molecule has 0 heterocycles. The van der Waals surface area contributed by atoms with Crippen LogP contribution in [0.4, 0.5) is 4.79 Å². The Morgan fingerprint density at radius 1 is 1.43 bits per heavy atom. The van der Waals surface area contributed by atoms with Crippen LogP contribution < -0.4 is 10.6 Å². The van der Waals surface area contributed by atoms with Gasteiger partial charge in [-0.1, -0.05) is 0 Å². The number of carbonyl (C=O) groups is 1. The number of methoxy groups -OCH3 is 1. The molecule has 4 nitrogen and oxygen atoms in total. The van der Waals surface area contributed by atoms with Crippen LogP contribution in [0.1, 0.15) is 33.1 Å². The van der Waals surface area contributed by atoms with Crippen molar-refractivity contribution in [2.24, 2.45) is 0 Å². The average Bonchev–Trinajstić information content (AvgIpc) is 2.50. The van der Waals surface area contributed by atoms with Gasteiger partial charge in [0.2, 0.25) is 0 Å². The zero-order chi connectivity index (χ0) is 10.6. The van der Waals surface area contributed by atoms with E-state index in [2.05, 4.69) is 10.6 Å². The highest BCUT2D eigenvalue weighted by atomic mass is 16.5. The Morgan fingerprint density at radius 2 is 2.14 bits per heavy atom. The monoisotopic (exact) mass is 200 g/mol. The largest absolute Gasteiger partial charge is 0.379 e. The maximum atomic E-state index is 11.4. The van der Waals surface area contributed by atoms with Gasteiger partial charge in [-0.05, 0) is 33.1 Å². The quantitative estimate of drug-likeness (QED) is 0.720. The molecule has 1 rings (SSSR count). The van der Waals surface area contributed by atoms with Crippen LogP contribution in [0.3, 0.4) is 0 Å². The SMILES string of the molecule is COC1CCCC1NC(=O)NC(C)C. The molecule has 1 aliphatic rings. The van der Waals surface area contributed by atoms with Gasteiger partial charge in [0.25, 0.3) is 0 Å². The highest BCUT2D eigenvalue weighted by molar-refractivity contribution is 5.74. The first kappa shape index (κ1) is 11.3. The standard InChI is InChI=1S/C10H20N2O2/c1-7(2)11-10(13)12-8-5-4-6-9(8)14-3/h7-9H,4-6H2,1-3H3,(H2,11,12,13). The molecule has 0 aromatic rings. The fraction of sp³-hybridized carbons (Fsp3) is 0.900. The molecule has 2 amide bonds. The van der Waals surface area contributed by atoms with Gasteiger partial charge in [-0.3, -0.25) is 0 Å². The lowest BCUT2D eigenvalue weighted by Crippen LogP contribution is -2.47. The highest BCUT2D eigenvalue weighted by Crippen LogP contribution is 2.21. The Kier molecular flexibility index (Phi) is 4.20. The minimum atomic E-state index is -0.0889. The van der Waals surface area contributed by atoms with E-state index in [4.69, 9.17) is 4.74 Å². The third-order valence-electron chi connectivity index (χ3n) is 2.49. The lowest BCUT2D eigenvalue weighted by molar-refractivity contribution is 0.0874. The van der Waals surface area contributed by atoms with Crippen molar-refractivity contribution < 1.29 is 9.53 Å². The number of nitrogens with one attached hydrogen (secondary N) is 2. The number of rotatable bonds is 3. The van der Waals surface area contributed by atoms with E-state index in [9.17, 15) is 4.79 Å². The predicted octanol–water partition coefficient (Wildman–Crippen LogP) is 1.26. The molecule has 2 N–H and O–H groups in total. The second kappa shape index (κ2) is 5.20. The second-order valence-electron chi connectivity index (χ2n) is 4.08. The molecule has 0 saturated heterocycles. The first-order valence-electron chi connectivity index (χ1n) is 5.23. The molecule has 0 aliphatic heterocycles. The molecule has 2 atom stereocenters. The van der Waals surface area contributed by atoms with E-state index >= 15 is 0 Å². The Bertz CT molecular complexity index is 195. The van der Waals surface area contributed by atoms with Crippen molar-refractivity contribution in [3.05, 3.63) is 0 Å². The van der Waals surface area contributed by atoms with E-state index < -0.39 is 0 Å². The first-order chi connectivity index (χ1) is 6.63. The molecule has 0 aromatic carbocycles. The van der Waals surface area contributed by atoms with Gasteiger partial charge in [0.1, 0.15) is 0 Å². The van der Waals surface area contributed by atoms with Crippen molar-refractivity contribution in [3.63, 3.8) is 0 Å². The summed E-state index contributed by atoms with van der Waals surface area (Å²) >= 11 is 0. The number of hydrogen-bond acceptors (Lipinski definition) is 2. The van der Waals surface area contributed by atoms with Crippen LogP contribution >= 0.6 is 0 Å². The smallest absolute Gasteiger partial charge is 0.315 e. The van der Waals surface area contributed by atoms with E-state index in [1.165, 1.54) is 0 Å². The van der Waals surface area contributed by atoms with Gasteiger partial charge >= 0.3 is 6.03 Å². The van der Waals surface area contributed by atoms with Crippen molar-refractivity contribution in [3.8, 4) is 0 Å². The Labute approximate surface area is 85.4 Å². The van der Waals surface area contributed by atoms with Crippen LogP contribution in [0, 0.1) is 0 Å².